The lowest BCUT2D eigenvalue weighted by atomic mass is 10.0. The molecular weight excluding hydrogens is 228 g/mol. The van der Waals surface area contributed by atoms with E-state index in [1.54, 1.807) is 11.3 Å². The molecule has 1 aromatic heterocycles. The van der Waals surface area contributed by atoms with E-state index in [-0.39, 0.29) is 0 Å². The van der Waals surface area contributed by atoms with Crippen LogP contribution in [0.3, 0.4) is 0 Å². The quantitative estimate of drug-likeness (QED) is 0.864. The number of aromatic nitrogens is 1. The van der Waals surface area contributed by atoms with Crippen LogP contribution in [0.15, 0.2) is 41.2 Å². The maximum atomic E-state index is 4.35. The molecule has 2 aromatic rings. The Morgan fingerprint density at radius 3 is 2.65 bits per heavy atom. The van der Waals surface area contributed by atoms with Crippen LogP contribution in [-0.4, -0.2) is 4.98 Å². The Morgan fingerprint density at radius 1 is 1.29 bits per heavy atom. The van der Waals surface area contributed by atoms with E-state index in [1.807, 2.05) is 5.51 Å². The monoisotopic (exact) mass is 246 g/mol. The van der Waals surface area contributed by atoms with Crippen molar-refractivity contribution in [3.8, 4) is 0 Å². The van der Waals surface area contributed by atoms with Crippen molar-refractivity contribution >= 4 is 11.3 Å². The van der Waals surface area contributed by atoms with Gasteiger partial charge in [0.1, 0.15) is 0 Å². The topological polar surface area (TPSA) is 24.9 Å². The summed E-state index contributed by atoms with van der Waals surface area (Å²) in [7, 11) is 0. The van der Waals surface area contributed by atoms with Crippen LogP contribution in [0.2, 0.25) is 0 Å². The predicted octanol–water partition coefficient (Wildman–Crippen LogP) is 3.95. The number of hydrogen-bond acceptors (Lipinski definition) is 3. The second-order valence-electron chi connectivity index (χ2n) is 4.17. The van der Waals surface area contributed by atoms with Crippen molar-refractivity contribution in [2.75, 3.05) is 0 Å². The highest BCUT2D eigenvalue weighted by Crippen LogP contribution is 2.21. The van der Waals surface area contributed by atoms with E-state index in [4.69, 9.17) is 0 Å². The van der Waals surface area contributed by atoms with Gasteiger partial charge in [-0.15, -0.1) is 11.3 Å². The first-order chi connectivity index (χ1) is 8.31. The molecule has 1 aromatic carbocycles. The number of nitrogens with zero attached hydrogens (tertiary/aromatic N) is 1. The second-order valence-corrected chi connectivity index (χ2v) is 4.89. The van der Waals surface area contributed by atoms with E-state index >= 15 is 0 Å². The Labute approximate surface area is 107 Å². The number of nitrogens with one attached hydrogen (secondary N) is 1. The molecule has 0 bridgehead atoms. The van der Waals surface area contributed by atoms with Gasteiger partial charge in [-0.05, 0) is 18.9 Å². The maximum absolute atomic E-state index is 4.35. The first-order valence-electron chi connectivity index (χ1n) is 6.00. The molecule has 2 unspecified atom stereocenters. The summed E-state index contributed by atoms with van der Waals surface area (Å²) in [4.78, 5) is 4.35. The van der Waals surface area contributed by atoms with Gasteiger partial charge in [0.15, 0.2) is 0 Å². The van der Waals surface area contributed by atoms with Crippen molar-refractivity contribution < 1.29 is 0 Å². The molecule has 0 spiro atoms. The molecule has 3 heteroatoms. The Kier molecular flexibility index (Phi) is 4.29. The van der Waals surface area contributed by atoms with Gasteiger partial charge < -0.3 is 5.32 Å². The molecule has 0 radical (unpaired) electrons. The Balaban J connectivity index is 2.06. The third-order valence-electron chi connectivity index (χ3n) is 2.96. The van der Waals surface area contributed by atoms with Crippen molar-refractivity contribution in [2.24, 2.45) is 0 Å². The van der Waals surface area contributed by atoms with Gasteiger partial charge in [-0.1, -0.05) is 37.3 Å². The number of rotatable bonds is 5. The van der Waals surface area contributed by atoms with Gasteiger partial charge in [0, 0.05) is 17.5 Å². The summed E-state index contributed by atoms with van der Waals surface area (Å²) in [5.41, 5.74) is 4.36. The SMILES string of the molecule is CCC(NC(C)c1cscn1)c1ccccc1. The minimum absolute atomic E-state index is 0.298. The van der Waals surface area contributed by atoms with Crippen molar-refractivity contribution in [1.29, 1.82) is 0 Å². The van der Waals surface area contributed by atoms with Gasteiger partial charge in [-0.3, -0.25) is 0 Å². The lowest BCUT2D eigenvalue weighted by Crippen LogP contribution is -2.24. The van der Waals surface area contributed by atoms with E-state index in [9.17, 15) is 0 Å². The highest BCUT2D eigenvalue weighted by molar-refractivity contribution is 7.07. The molecule has 0 saturated heterocycles. The molecule has 2 atom stereocenters. The fourth-order valence-electron chi connectivity index (χ4n) is 1.96. The van der Waals surface area contributed by atoms with Gasteiger partial charge in [0.05, 0.1) is 11.2 Å². The van der Waals surface area contributed by atoms with Crippen LogP contribution >= 0.6 is 11.3 Å². The van der Waals surface area contributed by atoms with Crippen molar-refractivity contribution in [3.63, 3.8) is 0 Å². The molecule has 0 aliphatic carbocycles. The molecule has 0 amide bonds. The molecule has 0 fully saturated rings. The standard InChI is InChI=1S/C14H18N2S/c1-3-13(12-7-5-4-6-8-12)16-11(2)14-9-17-10-15-14/h4-11,13,16H,3H2,1-2H3. The summed E-state index contributed by atoms with van der Waals surface area (Å²) in [5, 5.41) is 5.74. The van der Waals surface area contributed by atoms with Gasteiger partial charge in [0.2, 0.25) is 0 Å². The summed E-state index contributed by atoms with van der Waals surface area (Å²) >= 11 is 1.65. The number of thiazole rings is 1. The Hall–Kier alpha value is -1.19. The zero-order valence-electron chi connectivity index (χ0n) is 10.3. The van der Waals surface area contributed by atoms with Crippen LogP contribution in [0.4, 0.5) is 0 Å². The average Bonchev–Trinajstić information content (AvgIpc) is 2.90. The van der Waals surface area contributed by atoms with Crippen molar-refractivity contribution in [1.82, 2.24) is 10.3 Å². The smallest absolute Gasteiger partial charge is 0.0795 e. The van der Waals surface area contributed by atoms with E-state index in [0.717, 1.165) is 12.1 Å². The zero-order valence-corrected chi connectivity index (χ0v) is 11.1. The van der Waals surface area contributed by atoms with E-state index < -0.39 is 0 Å². The fraction of sp³-hybridized carbons (Fsp3) is 0.357. The van der Waals surface area contributed by atoms with Gasteiger partial charge >= 0.3 is 0 Å². The largest absolute Gasteiger partial charge is 0.302 e. The second kappa shape index (κ2) is 5.94. The van der Waals surface area contributed by atoms with Crippen LogP contribution in [-0.2, 0) is 0 Å². The third kappa shape index (κ3) is 3.14. The predicted molar refractivity (Wildman–Crippen MR) is 73.1 cm³/mol. The lowest BCUT2D eigenvalue weighted by Gasteiger charge is -2.21. The molecule has 90 valence electrons. The summed E-state index contributed by atoms with van der Waals surface area (Å²) < 4.78 is 0. The summed E-state index contributed by atoms with van der Waals surface area (Å²) in [6.07, 6.45) is 1.08. The van der Waals surface area contributed by atoms with E-state index in [2.05, 4.69) is 59.9 Å². The van der Waals surface area contributed by atoms with Gasteiger partial charge in [-0.25, -0.2) is 4.98 Å². The Morgan fingerprint density at radius 2 is 2.06 bits per heavy atom. The van der Waals surface area contributed by atoms with Crippen LogP contribution in [0.5, 0.6) is 0 Å². The minimum Gasteiger partial charge on any atom is -0.302 e. The number of benzene rings is 1. The normalized spacial score (nSPS) is 14.5. The van der Waals surface area contributed by atoms with Crippen LogP contribution in [0, 0.1) is 0 Å². The third-order valence-corrected chi connectivity index (χ3v) is 3.56. The van der Waals surface area contributed by atoms with Crippen molar-refractivity contribution in [3.05, 3.63) is 52.5 Å². The average molecular weight is 246 g/mol. The van der Waals surface area contributed by atoms with E-state index in [1.165, 1.54) is 5.56 Å². The van der Waals surface area contributed by atoms with Crippen LogP contribution in [0.25, 0.3) is 0 Å². The van der Waals surface area contributed by atoms with Gasteiger partial charge in [0.25, 0.3) is 0 Å². The fourth-order valence-corrected chi connectivity index (χ4v) is 2.61. The molecule has 0 saturated carbocycles. The minimum atomic E-state index is 0.298. The molecule has 0 aliphatic rings. The lowest BCUT2D eigenvalue weighted by molar-refractivity contribution is 0.451. The summed E-state index contributed by atoms with van der Waals surface area (Å²) in [6.45, 7) is 4.37. The molecule has 1 heterocycles. The Bertz CT molecular complexity index is 425. The van der Waals surface area contributed by atoms with Crippen LogP contribution in [0.1, 0.15) is 43.6 Å². The molecule has 0 aliphatic heterocycles. The van der Waals surface area contributed by atoms with Crippen molar-refractivity contribution in [2.45, 2.75) is 32.4 Å². The molecular formula is C14H18N2S. The summed E-state index contributed by atoms with van der Waals surface area (Å²) in [5.74, 6) is 0. The first-order valence-corrected chi connectivity index (χ1v) is 6.94. The highest BCUT2D eigenvalue weighted by atomic mass is 32.1. The number of hydrogen-bond donors (Lipinski definition) is 1. The maximum Gasteiger partial charge on any atom is 0.0795 e. The molecule has 2 rings (SSSR count). The summed E-state index contributed by atoms with van der Waals surface area (Å²) in [6, 6.07) is 11.3. The van der Waals surface area contributed by atoms with E-state index in [0.29, 0.717) is 12.1 Å². The molecule has 17 heavy (non-hydrogen) atoms. The van der Waals surface area contributed by atoms with Gasteiger partial charge in [-0.2, -0.15) is 0 Å². The highest BCUT2D eigenvalue weighted by Gasteiger charge is 2.14. The molecule has 2 nitrogen and oxygen atoms in total. The van der Waals surface area contributed by atoms with Crippen LogP contribution < -0.4 is 5.32 Å². The zero-order chi connectivity index (χ0) is 12.1. The molecule has 1 N–H and O–H groups in total. The first kappa shape index (κ1) is 12.3.